The fourth-order valence-electron chi connectivity index (χ4n) is 2.42. The highest BCUT2D eigenvalue weighted by Crippen LogP contribution is 2.23. The smallest absolute Gasteiger partial charge is 0.306 e. The largest absolute Gasteiger partial charge is 0.460 e. The van der Waals surface area contributed by atoms with Crippen molar-refractivity contribution in [2.24, 2.45) is 0 Å². The van der Waals surface area contributed by atoms with Crippen LogP contribution in [0.1, 0.15) is 50.3 Å². The van der Waals surface area contributed by atoms with Crippen molar-refractivity contribution in [3.63, 3.8) is 0 Å². The first-order valence-corrected chi connectivity index (χ1v) is 6.76. The quantitative estimate of drug-likeness (QED) is 0.764. The Morgan fingerprint density at radius 1 is 1.22 bits per heavy atom. The Morgan fingerprint density at radius 2 is 1.94 bits per heavy atom. The molecule has 0 aromatic heterocycles. The maximum Gasteiger partial charge on any atom is 0.306 e. The molecule has 0 saturated carbocycles. The minimum absolute atomic E-state index is 0.108. The molecule has 0 N–H and O–H groups in total. The summed E-state index contributed by atoms with van der Waals surface area (Å²) in [5.41, 5.74) is 3.82. The lowest BCUT2D eigenvalue weighted by Gasteiger charge is -2.19. The molecule has 0 radical (unpaired) electrons. The average molecular weight is 246 g/mol. The molecule has 1 aliphatic rings. The fraction of sp³-hybridized carbons (Fsp3) is 0.562. The number of ether oxygens (including phenoxy) is 1. The second-order valence-electron chi connectivity index (χ2n) is 6.04. The van der Waals surface area contributed by atoms with E-state index in [0.29, 0.717) is 6.42 Å². The van der Waals surface area contributed by atoms with Gasteiger partial charge in [-0.3, -0.25) is 4.79 Å². The van der Waals surface area contributed by atoms with Crippen LogP contribution in [0.15, 0.2) is 18.2 Å². The Labute approximate surface area is 109 Å². The molecule has 0 heterocycles. The lowest BCUT2D eigenvalue weighted by Crippen LogP contribution is -2.24. The molecule has 18 heavy (non-hydrogen) atoms. The molecule has 0 bridgehead atoms. The van der Waals surface area contributed by atoms with Gasteiger partial charge in [-0.1, -0.05) is 18.2 Å². The summed E-state index contributed by atoms with van der Waals surface area (Å²) in [5, 5.41) is 0. The molecule has 0 saturated heterocycles. The van der Waals surface area contributed by atoms with Crippen LogP contribution in [0.25, 0.3) is 0 Å². The third-order valence-corrected chi connectivity index (χ3v) is 3.20. The number of fused-ring (bicyclic) bond motifs is 1. The van der Waals surface area contributed by atoms with E-state index in [2.05, 4.69) is 18.2 Å². The molecule has 1 aromatic rings. The van der Waals surface area contributed by atoms with Gasteiger partial charge < -0.3 is 4.74 Å². The van der Waals surface area contributed by atoms with Crippen LogP contribution in [0.5, 0.6) is 0 Å². The highest BCUT2D eigenvalue weighted by atomic mass is 16.6. The van der Waals surface area contributed by atoms with Crippen molar-refractivity contribution in [3.05, 3.63) is 34.9 Å². The van der Waals surface area contributed by atoms with E-state index in [1.54, 1.807) is 0 Å². The van der Waals surface area contributed by atoms with Gasteiger partial charge in [0.05, 0.1) is 0 Å². The number of hydrogen-bond acceptors (Lipinski definition) is 2. The first kappa shape index (κ1) is 13.1. The van der Waals surface area contributed by atoms with Crippen molar-refractivity contribution >= 4 is 5.97 Å². The molecule has 98 valence electrons. The molecular weight excluding hydrogens is 224 g/mol. The van der Waals surface area contributed by atoms with Crippen LogP contribution < -0.4 is 0 Å². The van der Waals surface area contributed by atoms with Gasteiger partial charge in [-0.05, 0) is 63.1 Å². The molecule has 0 aliphatic heterocycles. The summed E-state index contributed by atoms with van der Waals surface area (Å²) in [6.07, 6.45) is 4.92. The van der Waals surface area contributed by atoms with Gasteiger partial charge in [0.15, 0.2) is 0 Å². The average Bonchev–Trinajstić information content (AvgIpc) is 2.71. The molecule has 2 heteroatoms. The SMILES string of the molecule is CC(C)(C)OC(=O)CCc1ccc2c(c1)CCC2. The van der Waals surface area contributed by atoms with Crippen molar-refractivity contribution in [1.29, 1.82) is 0 Å². The van der Waals surface area contributed by atoms with Gasteiger partial charge in [-0.15, -0.1) is 0 Å². The van der Waals surface area contributed by atoms with Crippen LogP contribution in [-0.4, -0.2) is 11.6 Å². The number of benzene rings is 1. The lowest BCUT2D eigenvalue weighted by atomic mass is 10.0. The zero-order valence-corrected chi connectivity index (χ0v) is 11.6. The Morgan fingerprint density at radius 3 is 2.67 bits per heavy atom. The van der Waals surface area contributed by atoms with E-state index in [-0.39, 0.29) is 11.6 Å². The third kappa shape index (κ3) is 3.59. The van der Waals surface area contributed by atoms with Crippen LogP contribution >= 0.6 is 0 Å². The summed E-state index contributed by atoms with van der Waals surface area (Å²) in [6, 6.07) is 6.62. The first-order chi connectivity index (χ1) is 8.44. The number of carbonyl (C=O) groups is 1. The van der Waals surface area contributed by atoms with Crippen LogP contribution in [0, 0.1) is 0 Å². The topological polar surface area (TPSA) is 26.3 Å². The summed E-state index contributed by atoms with van der Waals surface area (Å²) in [7, 11) is 0. The summed E-state index contributed by atoms with van der Waals surface area (Å²) < 4.78 is 5.31. The molecule has 0 amide bonds. The normalized spacial score (nSPS) is 14.4. The maximum atomic E-state index is 11.6. The molecule has 0 atom stereocenters. The zero-order valence-electron chi connectivity index (χ0n) is 11.6. The van der Waals surface area contributed by atoms with E-state index in [9.17, 15) is 4.79 Å². The van der Waals surface area contributed by atoms with Gasteiger partial charge in [0.25, 0.3) is 0 Å². The zero-order chi connectivity index (χ0) is 13.2. The molecule has 0 unspecified atom stereocenters. The number of hydrogen-bond donors (Lipinski definition) is 0. The number of rotatable bonds is 3. The molecule has 2 rings (SSSR count). The van der Waals surface area contributed by atoms with Crippen LogP contribution in [0.2, 0.25) is 0 Å². The Kier molecular flexibility index (Phi) is 3.74. The Hall–Kier alpha value is -1.31. The van der Waals surface area contributed by atoms with Gasteiger partial charge in [-0.2, -0.15) is 0 Å². The van der Waals surface area contributed by atoms with Crippen molar-refractivity contribution in [2.75, 3.05) is 0 Å². The second-order valence-corrected chi connectivity index (χ2v) is 6.04. The van der Waals surface area contributed by atoms with Crippen molar-refractivity contribution in [2.45, 2.75) is 58.5 Å². The Balaban J connectivity index is 1.89. The van der Waals surface area contributed by atoms with Crippen LogP contribution in [-0.2, 0) is 28.8 Å². The second kappa shape index (κ2) is 5.13. The monoisotopic (exact) mass is 246 g/mol. The predicted molar refractivity (Wildman–Crippen MR) is 72.6 cm³/mol. The van der Waals surface area contributed by atoms with Crippen LogP contribution in [0.4, 0.5) is 0 Å². The van der Waals surface area contributed by atoms with Gasteiger partial charge in [0.1, 0.15) is 5.60 Å². The molecule has 1 aromatic carbocycles. The molecule has 0 spiro atoms. The van der Waals surface area contributed by atoms with Gasteiger partial charge in [-0.25, -0.2) is 0 Å². The van der Waals surface area contributed by atoms with Gasteiger partial charge in [0.2, 0.25) is 0 Å². The summed E-state index contributed by atoms with van der Waals surface area (Å²) >= 11 is 0. The van der Waals surface area contributed by atoms with Gasteiger partial charge in [0, 0.05) is 6.42 Å². The summed E-state index contributed by atoms with van der Waals surface area (Å²) in [4.78, 5) is 11.6. The minimum atomic E-state index is -0.380. The fourth-order valence-corrected chi connectivity index (χ4v) is 2.42. The Bertz CT molecular complexity index is 441. The number of aryl methyl sites for hydroxylation is 3. The molecule has 1 aliphatic carbocycles. The van der Waals surface area contributed by atoms with E-state index in [0.717, 1.165) is 6.42 Å². The van der Waals surface area contributed by atoms with Crippen molar-refractivity contribution in [3.8, 4) is 0 Å². The first-order valence-electron chi connectivity index (χ1n) is 6.76. The number of esters is 1. The third-order valence-electron chi connectivity index (χ3n) is 3.20. The minimum Gasteiger partial charge on any atom is -0.460 e. The lowest BCUT2D eigenvalue weighted by molar-refractivity contribution is -0.154. The van der Waals surface area contributed by atoms with E-state index in [1.807, 2.05) is 20.8 Å². The number of carbonyl (C=O) groups excluding carboxylic acids is 1. The summed E-state index contributed by atoms with van der Waals surface area (Å²) in [6.45, 7) is 5.71. The molecule has 0 fully saturated rings. The van der Waals surface area contributed by atoms with E-state index in [1.165, 1.54) is 36.0 Å². The van der Waals surface area contributed by atoms with Crippen molar-refractivity contribution in [1.82, 2.24) is 0 Å². The predicted octanol–water partition coefficient (Wildman–Crippen LogP) is 3.45. The summed E-state index contributed by atoms with van der Waals surface area (Å²) in [5.74, 6) is -0.108. The maximum absolute atomic E-state index is 11.6. The van der Waals surface area contributed by atoms with E-state index in [4.69, 9.17) is 4.74 Å². The van der Waals surface area contributed by atoms with Gasteiger partial charge >= 0.3 is 5.97 Å². The highest BCUT2D eigenvalue weighted by Gasteiger charge is 2.16. The van der Waals surface area contributed by atoms with E-state index < -0.39 is 0 Å². The van der Waals surface area contributed by atoms with Crippen molar-refractivity contribution < 1.29 is 9.53 Å². The molecular formula is C16H22O2. The van der Waals surface area contributed by atoms with Crippen LogP contribution in [0.3, 0.4) is 0 Å². The highest BCUT2D eigenvalue weighted by molar-refractivity contribution is 5.70. The standard InChI is InChI=1S/C16H22O2/c1-16(2,3)18-15(17)10-8-12-7-9-13-5-4-6-14(13)11-12/h7,9,11H,4-6,8,10H2,1-3H3. The van der Waals surface area contributed by atoms with E-state index >= 15 is 0 Å². The molecule has 2 nitrogen and oxygen atoms in total.